The van der Waals surface area contributed by atoms with E-state index in [1.807, 2.05) is 0 Å². The third-order valence-corrected chi connectivity index (χ3v) is 3.34. The predicted octanol–water partition coefficient (Wildman–Crippen LogP) is -0.0200. The van der Waals surface area contributed by atoms with Crippen LogP contribution in [-0.4, -0.2) is 32.2 Å². The third-order valence-electron chi connectivity index (χ3n) is 2.97. The van der Waals surface area contributed by atoms with Gasteiger partial charge < -0.3 is 9.84 Å². The molecule has 2 rings (SSSR count). The van der Waals surface area contributed by atoms with E-state index >= 15 is 0 Å². The van der Waals surface area contributed by atoms with Crippen LogP contribution in [0, 0.1) is 0 Å². The number of nitrogens with one attached hydrogen (secondary N) is 1. The highest BCUT2D eigenvalue weighted by atomic mass is 35.5. The molecule has 0 bridgehead atoms. The van der Waals surface area contributed by atoms with Crippen molar-refractivity contribution in [3.05, 3.63) is 45.8 Å². The molecule has 1 aliphatic rings. The molecule has 0 aliphatic carbocycles. The van der Waals surface area contributed by atoms with Crippen LogP contribution in [0.25, 0.3) is 0 Å². The fourth-order valence-electron chi connectivity index (χ4n) is 1.95. The monoisotopic (exact) mass is 272 g/mol. The van der Waals surface area contributed by atoms with Crippen molar-refractivity contribution in [1.82, 2.24) is 9.55 Å². The number of aliphatic hydroxyl groups is 1. The van der Waals surface area contributed by atoms with Gasteiger partial charge in [0.1, 0.15) is 5.60 Å². The zero-order chi connectivity index (χ0) is 13.3. The van der Waals surface area contributed by atoms with Crippen molar-refractivity contribution in [3.8, 4) is 0 Å². The van der Waals surface area contributed by atoms with E-state index in [9.17, 15) is 14.7 Å². The molecule has 1 aliphatic heterocycles. The Labute approximate surface area is 107 Å². The van der Waals surface area contributed by atoms with Gasteiger partial charge in [0.05, 0.1) is 12.0 Å². The first-order chi connectivity index (χ1) is 8.51. The molecule has 0 saturated carbocycles. The van der Waals surface area contributed by atoms with Crippen LogP contribution in [0.2, 0.25) is 0 Å². The van der Waals surface area contributed by atoms with Gasteiger partial charge in [-0.15, -0.1) is 18.2 Å². The molecule has 1 saturated heterocycles. The first-order valence-corrected chi connectivity index (χ1v) is 5.83. The molecular formula is C11H13ClN2O4. The minimum atomic E-state index is -0.952. The predicted molar refractivity (Wildman–Crippen MR) is 65.7 cm³/mol. The van der Waals surface area contributed by atoms with Gasteiger partial charge in [0, 0.05) is 18.7 Å². The Morgan fingerprint density at radius 2 is 2.44 bits per heavy atom. The number of aromatic amines is 1. The molecule has 0 aromatic carbocycles. The van der Waals surface area contributed by atoms with E-state index in [2.05, 4.69) is 11.6 Å². The van der Waals surface area contributed by atoms with Crippen molar-refractivity contribution >= 4 is 11.6 Å². The summed E-state index contributed by atoms with van der Waals surface area (Å²) in [6, 6.07) is 1.21. The number of nitrogens with zero attached hydrogens (tertiary/aromatic N) is 1. The molecule has 2 heterocycles. The lowest BCUT2D eigenvalue weighted by molar-refractivity contribution is -0.0700. The number of alkyl halides is 1. The van der Waals surface area contributed by atoms with Crippen LogP contribution in [0.5, 0.6) is 0 Å². The Morgan fingerprint density at radius 3 is 2.94 bits per heavy atom. The lowest BCUT2D eigenvalue weighted by atomic mass is 10.0. The molecule has 0 spiro atoms. The fourth-order valence-corrected chi connectivity index (χ4v) is 2.38. The third kappa shape index (κ3) is 2.14. The average molecular weight is 273 g/mol. The molecule has 1 aromatic heterocycles. The van der Waals surface area contributed by atoms with E-state index in [4.69, 9.17) is 16.3 Å². The number of rotatable bonds is 3. The van der Waals surface area contributed by atoms with Crippen LogP contribution in [0.4, 0.5) is 0 Å². The van der Waals surface area contributed by atoms with Crippen LogP contribution >= 0.6 is 11.6 Å². The van der Waals surface area contributed by atoms with Crippen LogP contribution in [-0.2, 0) is 4.74 Å². The Kier molecular flexibility index (Phi) is 3.43. The van der Waals surface area contributed by atoms with E-state index in [0.717, 1.165) is 0 Å². The molecule has 0 unspecified atom stereocenters. The lowest BCUT2D eigenvalue weighted by Crippen LogP contribution is -2.35. The molecular weight excluding hydrogens is 260 g/mol. The second-order valence-electron chi connectivity index (χ2n) is 4.17. The van der Waals surface area contributed by atoms with Gasteiger partial charge in [-0.1, -0.05) is 6.08 Å². The molecule has 1 aromatic rings. The van der Waals surface area contributed by atoms with E-state index in [1.54, 1.807) is 0 Å². The average Bonchev–Trinajstić information content (AvgIpc) is 2.67. The first kappa shape index (κ1) is 13.1. The number of aliphatic hydroxyl groups excluding tert-OH is 1. The summed E-state index contributed by atoms with van der Waals surface area (Å²) in [7, 11) is 0. The standard InChI is InChI=1S/C11H13ClN2O4/c1-2-11(6-15)5-7(12)9(18-11)14-4-3-8(16)13-10(14)17/h2-4,7,9,15H,1,5-6H2,(H,13,16,17)/t7-,9+,11+/m1/s1. The van der Waals surface area contributed by atoms with Gasteiger partial charge in [-0.05, 0) is 0 Å². The Hall–Kier alpha value is -1.37. The maximum atomic E-state index is 11.6. The van der Waals surface area contributed by atoms with Crippen molar-refractivity contribution in [1.29, 1.82) is 0 Å². The Morgan fingerprint density at radius 1 is 1.72 bits per heavy atom. The lowest BCUT2D eigenvalue weighted by Gasteiger charge is -2.23. The summed E-state index contributed by atoms with van der Waals surface area (Å²) in [5, 5.41) is 8.81. The molecule has 1 fully saturated rings. The summed E-state index contributed by atoms with van der Waals surface area (Å²) >= 11 is 6.13. The zero-order valence-corrected chi connectivity index (χ0v) is 10.3. The summed E-state index contributed by atoms with van der Waals surface area (Å²) in [5.41, 5.74) is -2.04. The normalized spacial score (nSPS) is 31.4. The summed E-state index contributed by atoms with van der Waals surface area (Å²) in [4.78, 5) is 24.7. The van der Waals surface area contributed by atoms with Gasteiger partial charge in [0.2, 0.25) is 0 Å². The van der Waals surface area contributed by atoms with Crippen molar-refractivity contribution < 1.29 is 9.84 Å². The second-order valence-corrected chi connectivity index (χ2v) is 4.73. The number of H-pyrrole nitrogens is 1. The zero-order valence-electron chi connectivity index (χ0n) is 9.51. The van der Waals surface area contributed by atoms with Crippen molar-refractivity contribution in [2.75, 3.05) is 6.61 Å². The van der Waals surface area contributed by atoms with Gasteiger partial charge >= 0.3 is 5.69 Å². The molecule has 7 heteroatoms. The molecule has 18 heavy (non-hydrogen) atoms. The van der Waals surface area contributed by atoms with Crippen LogP contribution < -0.4 is 11.2 Å². The quantitative estimate of drug-likeness (QED) is 0.598. The van der Waals surface area contributed by atoms with E-state index in [1.165, 1.54) is 22.9 Å². The minimum absolute atomic E-state index is 0.270. The SMILES string of the molecule is C=C[C@@]1(CO)C[C@@H](Cl)[C@@H](n2ccc(=O)[nH]c2=O)O1. The highest BCUT2D eigenvalue weighted by Crippen LogP contribution is 2.39. The molecule has 6 nitrogen and oxygen atoms in total. The topological polar surface area (TPSA) is 84.3 Å². The van der Waals surface area contributed by atoms with Crippen LogP contribution in [0.15, 0.2) is 34.5 Å². The molecule has 3 atom stereocenters. The van der Waals surface area contributed by atoms with Crippen molar-refractivity contribution in [2.24, 2.45) is 0 Å². The van der Waals surface area contributed by atoms with Gasteiger partial charge in [0.15, 0.2) is 6.23 Å². The number of halogens is 1. The van der Waals surface area contributed by atoms with Crippen molar-refractivity contribution in [2.45, 2.75) is 23.6 Å². The minimum Gasteiger partial charge on any atom is -0.393 e. The van der Waals surface area contributed by atoms with Gasteiger partial charge in [0.25, 0.3) is 5.56 Å². The molecule has 98 valence electrons. The summed E-state index contributed by atoms with van der Waals surface area (Å²) in [5.74, 6) is 0. The summed E-state index contributed by atoms with van der Waals surface area (Å²) in [6.07, 6.45) is 2.38. The first-order valence-electron chi connectivity index (χ1n) is 5.39. The fraction of sp³-hybridized carbons (Fsp3) is 0.455. The number of aromatic nitrogens is 2. The van der Waals surface area contributed by atoms with Crippen molar-refractivity contribution in [3.63, 3.8) is 0 Å². The largest absolute Gasteiger partial charge is 0.393 e. The molecule has 0 amide bonds. The Balaban J connectivity index is 2.38. The summed E-state index contributed by atoms with van der Waals surface area (Å²) in [6.45, 7) is 3.33. The van der Waals surface area contributed by atoms with Gasteiger partial charge in [-0.25, -0.2) is 4.79 Å². The number of ether oxygens (including phenoxy) is 1. The Bertz CT molecular complexity index is 567. The number of hydrogen-bond acceptors (Lipinski definition) is 4. The van der Waals surface area contributed by atoms with Gasteiger partial charge in [-0.3, -0.25) is 14.3 Å². The van der Waals surface area contributed by atoms with Gasteiger partial charge in [-0.2, -0.15) is 0 Å². The maximum absolute atomic E-state index is 11.6. The summed E-state index contributed by atoms with van der Waals surface area (Å²) < 4.78 is 6.80. The van der Waals surface area contributed by atoms with E-state index in [0.29, 0.717) is 6.42 Å². The van der Waals surface area contributed by atoms with Crippen LogP contribution in [0.3, 0.4) is 0 Å². The second kappa shape index (κ2) is 4.72. The highest BCUT2D eigenvalue weighted by Gasteiger charge is 2.44. The maximum Gasteiger partial charge on any atom is 0.330 e. The highest BCUT2D eigenvalue weighted by molar-refractivity contribution is 6.21. The molecule has 0 radical (unpaired) electrons. The smallest absolute Gasteiger partial charge is 0.330 e. The van der Waals surface area contributed by atoms with E-state index < -0.39 is 28.5 Å². The van der Waals surface area contributed by atoms with E-state index in [-0.39, 0.29) is 6.61 Å². The number of hydrogen-bond donors (Lipinski definition) is 2. The molecule has 2 N–H and O–H groups in total. The van der Waals surface area contributed by atoms with Crippen LogP contribution in [0.1, 0.15) is 12.6 Å².